The summed E-state index contributed by atoms with van der Waals surface area (Å²) in [5.74, 6) is -2.43. The van der Waals surface area contributed by atoms with Crippen molar-refractivity contribution in [2.24, 2.45) is 0 Å². The third-order valence-electron chi connectivity index (χ3n) is 9.43. The Labute approximate surface area is 286 Å². The van der Waals surface area contributed by atoms with E-state index in [0.29, 0.717) is 44.8 Å². The van der Waals surface area contributed by atoms with Gasteiger partial charge in [0, 0.05) is 58.1 Å². The van der Waals surface area contributed by atoms with E-state index >= 15 is 0 Å². The Hall–Kier alpha value is -3.34. The molecule has 3 heterocycles. The van der Waals surface area contributed by atoms with Crippen LogP contribution in [0.25, 0.3) is 0 Å². The largest absolute Gasteiger partial charge is 0.479 e. The van der Waals surface area contributed by atoms with Crippen LogP contribution in [0.4, 0.5) is 4.79 Å². The molecule has 0 saturated carbocycles. The Morgan fingerprint density at radius 2 is 1.78 bits per heavy atom. The van der Waals surface area contributed by atoms with Crippen LogP contribution in [0.3, 0.4) is 0 Å². The van der Waals surface area contributed by atoms with Crippen LogP contribution in [0.5, 0.6) is 0 Å². The summed E-state index contributed by atoms with van der Waals surface area (Å²) in [6.45, 7) is 12.0. The van der Waals surface area contributed by atoms with Crippen LogP contribution in [0, 0.1) is 13.8 Å². The number of benzene rings is 1. The van der Waals surface area contributed by atoms with Crippen molar-refractivity contribution in [1.29, 1.82) is 0 Å². The molecule has 0 aromatic heterocycles. The van der Waals surface area contributed by atoms with Gasteiger partial charge in [-0.3, -0.25) is 14.5 Å². The lowest BCUT2D eigenvalue weighted by Gasteiger charge is -2.49. The van der Waals surface area contributed by atoms with Gasteiger partial charge in [-0.05, 0) is 53.2 Å². The number of ether oxygens (including phenoxy) is 3. The van der Waals surface area contributed by atoms with Crippen LogP contribution in [-0.2, 0) is 23.8 Å². The van der Waals surface area contributed by atoms with E-state index in [4.69, 9.17) is 14.2 Å². The summed E-state index contributed by atoms with van der Waals surface area (Å²) in [6, 6.07) is 4.01. The Kier molecular flexibility index (Phi) is 12.0. The highest BCUT2D eigenvalue weighted by molar-refractivity contribution is 5.94. The number of carbonyl (C=O) groups is 4. The quantitative estimate of drug-likeness (QED) is 0.196. The van der Waals surface area contributed by atoms with Gasteiger partial charge in [0.25, 0.3) is 5.91 Å². The average molecular weight is 693 g/mol. The van der Waals surface area contributed by atoms with E-state index in [0.717, 1.165) is 11.1 Å². The molecule has 3 aliphatic heterocycles. The number of aryl methyl sites for hydroxylation is 2. The summed E-state index contributed by atoms with van der Waals surface area (Å²) < 4.78 is 17.5. The normalized spacial score (nSPS) is 28.9. The van der Waals surface area contributed by atoms with Crippen LogP contribution in [0.2, 0.25) is 0 Å². The maximum atomic E-state index is 12.9. The van der Waals surface area contributed by atoms with E-state index in [2.05, 4.69) is 15.5 Å². The summed E-state index contributed by atoms with van der Waals surface area (Å²) >= 11 is 0. The molecule has 1 aromatic rings. The summed E-state index contributed by atoms with van der Waals surface area (Å²) in [5, 5.41) is 49.2. The van der Waals surface area contributed by atoms with Crippen molar-refractivity contribution >= 4 is 23.9 Å². The summed E-state index contributed by atoms with van der Waals surface area (Å²) in [4.78, 5) is 54.4. The summed E-state index contributed by atoms with van der Waals surface area (Å²) in [6.07, 6.45) is -6.87. The topological polar surface area (TPSA) is 207 Å². The van der Waals surface area contributed by atoms with Gasteiger partial charge >= 0.3 is 12.1 Å². The Bertz CT molecular complexity index is 1370. The molecule has 0 unspecified atom stereocenters. The van der Waals surface area contributed by atoms with Gasteiger partial charge in [-0.2, -0.15) is 0 Å². The first-order valence-electron chi connectivity index (χ1n) is 16.7. The Morgan fingerprint density at radius 1 is 1.10 bits per heavy atom. The molecular formula is C34H52N4O11. The molecule has 3 saturated heterocycles. The summed E-state index contributed by atoms with van der Waals surface area (Å²) in [5.41, 5.74) is -1.17. The van der Waals surface area contributed by atoms with Gasteiger partial charge in [0.1, 0.15) is 17.8 Å². The van der Waals surface area contributed by atoms with Gasteiger partial charge in [-0.15, -0.1) is 0 Å². The van der Waals surface area contributed by atoms with Crippen molar-refractivity contribution in [1.82, 2.24) is 20.4 Å². The molecule has 7 atom stereocenters. The number of carbonyl (C=O) groups excluding carboxylic acids is 3. The van der Waals surface area contributed by atoms with Crippen molar-refractivity contribution in [3.63, 3.8) is 0 Å². The van der Waals surface area contributed by atoms with Gasteiger partial charge in [0.2, 0.25) is 5.91 Å². The zero-order valence-corrected chi connectivity index (χ0v) is 29.2. The highest BCUT2D eigenvalue weighted by Gasteiger charge is 2.55. The van der Waals surface area contributed by atoms with Crippen LogP contribution >= 0.6 is 0 Å². The number of carboxylic acids is 1. The predicted octanol–water partition coefficient (Wildman–Crippen LogP) is 0.335. The van der Waals surface area contributed by atoms with Crippen molar-refractivity contribution < 1.29 is 53.8 Å². The van der Waals surface area contributed by atoms with Gasteiger partial charge in [-0.1, -0.05) is 17.2 Å². The van der Waals surface area contributed by atoms with Gasteiger partial charge in [0.05, 0.1) is 37.0 Å². The van der Waals surface area contributed by atoms with Crippen LogP contribution < -0.4 is 10.6 Å². The third kappa shape index (κ3) is 9.27. The van der Waals surface area contributed by atoms with E-state index in [-0.39, 0.29) is 13.0 Å². The molecule has 15 heteroatoms. The molecule has 3 amide bonds. The lowest BCUT2D eigenvalue weighted by atomic mass is 9.81. The fourth-order valence-corrected chi connectivity index (χ4v) is 7.06. The molecule has 0 radical (unpaired) electrons. The minimum absolute atomic E-state index is 0.122. The third-order valence-corrected chi connectivity index (χ3v) is 9.43. The molecule has 274 valence electrons. The minimum Gasteiger partial charge on any atom is -0.479 e. The lowest BCUT2D eigenvalue weighted by Crippen LogP contribution is -2.68. The van der Waals surface area contributed by atoms with Crippen LogP contribution in [-0.4, -0.2) is 147 Å². The zero-order valence-electron chi connectivity index (χ0n) is 29.2. The van der Waals surface area contributed by atoms with E-state index in [1.807, 2.05) is 19.9 Å². The van der Waals surface area contributed by atoms with E-state index in [9.17, 15) is 39.6 Å². The second-order valence-electron chi connectivity index (χ2n) is 14.7. The molecule has 0 bridgehead atoms. The first kappa shape index (κ1) is 38.5. The van der Waals surface area contributed by atoms with E-state index in [1.165, 1.54) is 6.92 Å². The number of nitrogens with one attached hydrogen (secondary N) is 2. The first-order valence-corrected chi connectivity index (χ1v) is 16.7. The summed E-state index contributed by atoms with van der Waals surface area (Å²) in [7, 11) is 0. The maximum absolute atomic E-state index is 12.9. The first-order chi connectivity index (χ1) is 22.8. The van der Waals surface area contributed by atoms with Crippen molar-refractivity contribution in [2.45, 2.75) is 108 Å². The number of hydrogen-bond acceptors (Lipinski definition) is 11. The number of aliphatic hydroxyl groups excluding tert-OH is 3. The van der Waals surface area contributed by atoms with Gasteiger partial charge < -0.3 is 50.2 Å². The number of rotatable bonds is 10. The number of nitrogens with zero attached hydrogens (tertiary/aromatic N) is 2. The molecule has 1 spiro atoms. The van der Waals surface area contributed by atoms with Crippen LogP contribution in [0.15, 0.2) is 18.2 Å². The second-order valence-corrected chi connectivity index (χ2v) is 14.7. The molecule has 1 aromatic carbocycles. The standard InChI is InChI=1S/C34H52N4O11/c1-20-13-21(2)15-23(14-20)29(43)35-17-25(41)27(42)28-26(36-22(3)39)24(40)16-34(48-28,30(44)45)8-10-38-11-12-47-19-33(38)7-9-37(18-33)31(46)49-32(4,5)6/h13-15,24-28,40-42H,7-12,16-19H2,1-6H3,(H,35,43)(H,36,39)(H,44,45)/t24-,25+,26+,27+,28+,33-,34+/m0/s1. The Morgan fingerprint density at radius 3 is 2.39 bits per heavy atom. The number of hydrogen-bond donors (Lipinski definition) is 6. The molecule has 0 aliphatic carbocycles. The maximum Gasteiger partial charge on any atom is 0.410 e. The molecule has 4 rings (SSSR count). The monoisotopic (exact) mass is 692 g/mol. The van der Waals surface area contributed by atoms with Crippen molar-refractivity contribution in [3.05, 3.63) is 34.9 Å². The predicted molar refractivity (Wildman–Crippen MR) is 176 cm³/mol. The average Bonchev–Trinajstić information content (AvgIpc) is 3.43. The number of likely N-dealkylation sites (tertiary alicyclic amines) is 1. The van der Waals surface area contributed by atoms with E-state index in [1.54, 1.807) is 37.8 Å². The fraction of sp³-hybridized carbons (Fsp3) is 0.706. The fourth-order valence-electron chi connectivity index (χ4n) is 7.06. The number of amides is 3. The molecular weight excluding hydrogens is 640 g/mol. The zero-order chi connectivity index (χ0) is 36.3. The molecule has 3 fully saturated rings. The number of morpholine rings is 1. The lowest BCUT2D eigenvalue weighted by molar-refractivity contribution is -0.231. The molecule has 49 heavy (non-hydrogen) atoms. The smallest absolute Gasteiger partial charge is 0.410 e. The number of carboxylic acid groups (broad SMARTS) is 1. The van der Waals surface area contributed by atoms with Crippen LogP contribution in [0.1, 0.15) is 68.4 Å². The highest BCUT2D eigenvalue weighted by Crippen LogP contribution is 2.38. The van der Waals surface area contributed by atoms with Crippen molar-refractivity contribution in [2.75, 3.05) is 45.9 Å². The number of aliphatic hydroxyl groups is 3. The number of aliphatic carboxylic acids is 1. The Balaban J connectivity index is 1.50. The SMILES string of the molecule is CC(=O)N[C@H]1[C@H]([C@H](O)[C@H](O)CNC(=O)c2cc(C)cc(C)c2)O[C@@](CCN2CCOC[C@@]23CCN(C(=O)OC(C)(C)C)C3)(C(=O)O)C[C@@H]1O. The molecule has 3 aliphatic rings. The highest BCUT2D eigenvalue weighted by atomic mass is 16.6. The minimum atomic E-state index is -2.01. The molecule has 15 nitrogen and oxygen atoms in total. The molecule has 6 N–H and O–H groups in total. The second kappa shape index (κ2) is 15.3. The van der Waals surface area contributed by atoms with Crippen molar-refractivity contribution in [3.8, 4) is 0 Å². The van der Waals surface area contributed by atoms with Gasteiger partial charge in [0.15, 0.2) is 5.60 Å². The van der Waals surface area contributed by atoms with E-state index < -0.39 is 84.0 Å². The van der Waals surface area contributed by atoms with Gasteiger partial charge in [-0.25, -0.2) is 9.59 Å².